The molecule has 1 saturated heterocycles. The molecule has 1 N–H and O–H groups in total. The van der Waals surface area contributed by atoms with Gasteiger partial charge in [-0.1, -0.05) is 26.0 Å². The molecule has 4 rings (SSSR count). The quantitative estimate of drug-likeness (QED) is 0.645. The van der Waals surface area contributed by atoms with Crippen LogP contribution >= 0.6 is 0 Å². The van der Waals surface area contributed by atoms with Crippen molar-refractivity contribution in [2.45, 2.75) is 58.8 Å². The maximum absolute atomic E-state index is 3.71. The van der Waals surface area contributed by atoms with Crippen LogP contribution < -0.4 is 5.32 Å². The molecule has 2 saturated carbocycles. The first-order valence-corrected chi connectivity index (χ1v) is 9.02. The Morgan fingerprint density at radius 1 is 1.05 bits per heavy atom. The Morgan fingerprint density at radius 3 is 2.85 bits per heavy atom. The maximum Gasteiger partial charge on any atom is -0.00152 e. The first-order chi connectivity index (χ1) is 9.63. The predicted octanol–water partition coefficient (Wildman–Crippen LogP) is 4.39. The predicted molar refractivity (Wildman–Crippen MR) is 84.5 cm³/mol. The molecule has 0 bridgehead atoms. The molecule has 3 fully saturated rings. The van der Waals surface area contributed by atoms with Crippen LogP contribution in [0.15, 0.2) is 12.2 Å². The van der Waals surface area contributed by atoms with E-state index in [-0.39, 0.29) is 0 Å². The summed E-state index contributed by atoms with van der Waals surface area (Å²) in [5, 5.41) is 3.71. The summed E-state index contributed by atoms with van der Waals surface area (Å²) in [6, 6.07) is 0. The molecule has 0 amide bonds. The molecule has 112 valence electrons. The second kappa shape index (κ2) is 4.60. The summed E-state index contributed by atoms with van der Waals surface area (Å²) < 4.78 is 0. The van der Waals surface area contributed by atoms with E-state index < -0.39 is 0 Å². The molecule has 0 radical (unpaired) electrons. The number of fused-ring (bicyclic) bond motifs is 5. The van der Waals surface area contributed by atoms with E-state index in [0.29, 0.717) is 10.8 Å². The van der Waals surface area contributed by atoms with Gasteiger partial charge in [-0.2, -0.15) is 0 Å². The third-order valence-electron chi connectivity index (χ3n) is 7.85. The van der Waals surface area contributed by atoms with Gasteiger partial charge in [0, 0.05) is 0 Å². The smallest absolute Gasteiger partial charge is 0.00152 e. The van der Waals surface area contributed by atoms with Crippen molar-refractivity contribution in [3.05, 3.63) is 12.2 Å². The van der Waals surface area contributed by atoms with Crippen molar-refractivity contribution in [1.29, 1.82) is 0 Å². The lowest BCUT2D eigenvalue weighted by molar-refractivity contribution is -0.0794. The minimum Gasteiger partial charge on any atom is -0.316 e. The van der Waals surface area contributed by atoms with E-state index in [2.05, 4.69) is 31.3 Å². The zero-order valence-corrected chi connectivity index (χ0v) is 13.3. The van der Waals surface area contributed by atoms with Crippen molar-refractivity contribution in [1.82, 2.24) is 5.32 Å². The lowest BCUT2D eigenvalue weighted by atomic mass is 9.47. The van der Waals surface area contributed by atoms with E-state index >= 15 is 0 Å². The average molecular weight is 273 g/mol. The lowest BCUT2D eigenvalue weighted by Gasteiger charge is -2.58. The highest BCUT2D eigenvalue weighted by Crippen LogP contribution is 2.63. The van der Waals surface area contributed by atoms with Crippen LogP contribution in [0.1, 0.15) is 58.8 Å². The molecule has 4 aliphatic rings. The molecule has 1 aliphatic heterocycles. The summed E-state index contributed by atoms with van der Waals surface area (Å²) in [5.74, 6) is 3.95. The number of allylic oxidation sites excluding steroid dienone is 2. The molecule has 1 nitrogen and oxygen atoms in total. The van der Waals surface area contributed by atoms with Gasteiger partial charge in [0.1, 0.15) is 0 Å². The first-order valence-electron chi connectivity index (χ1n) is 9.02. The highest BCUT2D eigenvalue weighted by molar-refractivity contribution is 5.16. The van der Waals surface area contributed by atoms with Gasteiger partial charge in [0.05, 0.1) is 0 Å². The Labute approximate surface area is 124 Å². The number of nitrogens with one attached hydrogen (secondary N) is 1. The van der Waals surface area contributed by atoms with Crippen molar-refractivity contribution >= 4 is 0 Å². The van der Waals surface area contributed by atoms with E-state index in [1.807, 2.05) is 0 Å². The Bertz CT molecular complexity index is 414. The highest BCUT2D eigenvalue weighted by Gasteiger charge is 2.55. The van der Waals surface area contributed by atoms with Gasteiger partial charge in [-0.05, 0) is 92.5 Å². The molecule has 0 aromatic carbocycles. The summed E-state index contributed by atoms with van der Waals surface area (Å²) in [5.41, 5.74) is 1.18. The van der Waals surface area contributed by atoms with Crippen molar-refractivity contribution in [3.63, 3.8) is 0 Å². The largest absolute Gasteiger partial charge is 0.316 e. The van der Waals surface area contributed by atoms with Gasteiger partial charge in [-0.25, -0.2) is 0 Å². The van der Waals surface area contributed by atoms with E-state index in [4.69, 9.17) is 0 Å². The second-order valence-corrected chi connectivity index (χ2v) is 8.65. The molecular weight excluding hydrogens is 242 g/mol. The minimum absolute atomic E-state index is 0.549. The topological polar surface area (TPSA) is 12.0 Å². The van der Waals surface area contributed by atoms with Crippen molar-refractivity contribution in [2.75, 3.05) is 13.1 Å². The summed E-state index contributed by atoms with van der Waals surface area (Å²) in [7, 11) is 0. The third-order valence-corrected chi connectivity index (χ3v) is 7.85. The van der Waals surface area contributed by atoms with E-state index in [9.17, 15) is 0 Å². The molecule has 3 aliphatic carbocycles. The van der Waals surface area contributed by atoms with Crippen LogP contribution in [0.2, 0.25) is 0 Å². The number of hydrogen-bond acceptors (Lipinski definition) is 1. The number of hydrogen-bond donors (Lipinski definition) is 1. The van der Waals surface area contributed by atoms with Crippen molar-refractivity contribution < 1.29 is 0 Å². The van der Waals surface area contributed by atoms with Crippen LogP contribution in [0.4, 0.5) is 0 Å². The molecule has 0 aromatic rings. The zero-order valence-electron chi connectivity index (χ0n) is 13.3. The van der Waals surface area contributed by atoms with Gasteiger partial charge in [0.25, 0.3) is 0 Å². The van der Waals surface area contributed by atoms with Gasteiger partial charge in [0.2, 0.25) is 0 Å². The normalized spacial score (nSPS) is 54.7. The summed E-state index contributed by atoms with van der Waals surface area (Å²) >= 11 is 0. The van der Waals surface area contributed by atoms with Crippen LogP contribution in [0.5, 0.6) is 0 Å². The third kappa shape index (κ3) is 1.78. The average Bonchev–Trinajstić information content (AvgIpc) is 2.71. The Kier molecular flexibility index (Phi) is 3.07. The summed E-state index contributed by atoms with van der Waals surface area (Å²) in [6.45, 7) is 7.75. The zero-order chi connectivity index (χ0) is 13.8. The highest BCUT2D eigenvalue weighted by atomic mass is 14.9. The molecule has 4 unspecified atom stereocenters. The molecular formula is C19H31N. The molecule has 6 atom stereocenters. The van der Waals surface area contributed by atoms with Crippen LogP contribution in [0.3, 0.4) is 0 Å². The van der Waals surface area contributed by atoms with Crippen LogP contribution in [0.25, 0.3) is 0 Å². The number of rotatable bonds is 0. The summed E-state index contributed by atoms with van der Waals surface area (Å²) in [4.78, 5) is 0. The van der Waals surface area contributed by atoms with Crippen molar-refractivity contribution in [2.24, 2.45) is 34.5 Å². The van der Waals surface area contributed by atoms with E-state index in [1.165, 1.54) is 58.0 Å². The van der Waals surface area contributed by atoms with E-state index in [0.717, 1.165) is 23.7 Å². The fraction of sp³-hybridized carbons (Fsp3) is 0.895. The first kappa shape index (κ1) is 13.4. The Morgan fingerprint density at radius 2 is 1.95 bits per heavy atom. The minimum atomic E-state index is 0.549. The van der Waals surface area contributed by atoms with Crippen LogP contribution in [0, 0.1) is 34.5 Å². The SMILES string of the molecule is CC12C=CCC1C1CC[C@H]3CNCCCC3(C)[C@H]1CC2. The fourth-order valence-corrected chi connectivity index (χ4v) is 6.61. The Balaban J connectivity index is 1.64. The fourth-order valence-electron chi connectivity index (χ4n) is 6.61. The lowest BCUT2D eigenvalue weighted by Crippen LogP contribution is -2.51. The monoisotopic (exact) mass is 273 g/mol. The summed E-state index contributed by atoms with van der Waals surface area (Å²) in [6.07, 6.45) is 15.2. The van der Waals surface area contributed by atoms with Gasteiger partial charge in [-0.15, -0.1) is 0 Å². The van der Waals surface area contributed by atoms with Crippen molar-refractivity contribution in [3.8, 4) is 0 Å². The van der Waals surface area contributed by atoms with Gasteiger partial charge >= 0.3 is 0 Å². The molecule has 20 heavy (non-hydrogen) atoms. The van der Waals surface area contributed by atoms with Gasteiger partial charge in [0.15, 0.2) is 0 Å². The van der Waals surface area contributed by atoms with E-state index in [1.54, 1.807) is 0 Å². The maximum atomic E-state index is 3.71. The molecule has 1 heteroatoms. The molecule has 1 heterocycles. The Hall–Kier alpha value is -0.300. The molecule has 0 spiro atoms. The van der Waals surface area contributed by atoms with Crippen LogP contribution in [-0.2, 0) is 0 Å². The van der Waals surface area contributed by atoms with Gasteiger partial charge in [-0.3, -0.25) is 0 Å². The van der Waals surface area contributed by atoms with Crippen LogP contribution in [-0.4, -0.2) is 13.1 Å². The van der Waals surface area contributed by atoms with Gasteiger partial charge < -0.3 is 5.32 Å². The standard InChI is InChI=1S/C19H31N/c1-18-9-3-5-16(18)15-7-6-14-13-20-12-4-10-19(14,2)17(15)8-11-18/h3,9,14-17,20H,4-8,10-13H2,1-2H3/t14-,15?,16?,17-,18?,19?/m0/s1. The molecule has 0 aromatic heterocycles. The second-order valence-electron chi connectivity index (χ2n) is 8.65.